The fourth-order valence-corrected chi connectivity index (χ4v) is 1.84. The highest BCUT2D eigenvalue weighted by Crippen LogP contribution is 2.14. The van der Waals surface area contributed by atoms with Crippen molar-refractivity contribution in [3.05, 3.63) is 71.0 Å². The van der Waals surface area contributed by atoms with Gasteiger partial charge in [-0.2, -0.15) is 0 Å². The fraction of sp³-hybridized carbons (Fsp3) is 0.188. The number of carbonyl (C=O) groups excluding carboxylic acids is 1. The van der Waals surface area contributed by atoms with Gasteiger partial charge in [0, 0.05) is 5.56 Å². The first-order valence-electron chi connectivity index (χ1n) is 6.19. The molecule has 0 heterocycles. The van der Waals surface area contributed by atoms with Gasteiger partial charge in [-0.15, -0.1) is 0 Å². The standard InChI is InChI=1S/C16H15FO3/c1-19-16(18)14-8-4-2-6-12(14)10-20-11-13-7-3-5-9-15(13)17/h2-9H,10-11H2,1H3. The normalized spacial score (nSPS) is 10.3. The Balaban J connectivity index is 2.01. The Morgan fingerprint density at radius 2 is 1.60 bits per heavy atom. The summed E-state index contributed by atoms with van der Waals surface area (Å²) in [5, 5.41) is 0. The second kappa shape index (κ2) is 6.82. The van der Waals surface area contributed by atoms with Crippen LogP contribution >= 0.6 is 0 Å². The van der Waals surface area contributed by atoms with E-state index in [-0.39, 0.29) is 19.0 Å². The fourth-order valence-electron chi connectivity index (χ4n) is 1.84. The quantitative estimate of drug-likeness (QED) is 0.784. The molecule has 0 saturated heterocycles. The van der Waals surface area contributed by atoms with Crippen LogP contribution in [0.4, 0.5) is 4.39 Å². The second-order valence-electron chi connectivity index (χ2n) is 4.23. The summed E-state index contributed by atoms with van der Waals surface area (Å²) in [6, 6.07) is 13.5. The van der Waals surface area contributed by atoms with Crippen molar-refractivity contribution in [1.29, 1.82) is 0 Å². The highest BCUT2D eigenvalue weighted by molar-refractivity contribution is 5.90. The van der Waals surface area contributed by atoms with Crippen molar-refractivity contribution >= 4 is 5.97 Å². The lowest BCUT2D eigenvalue weighted by Gasteiger charge is -2.09. The van der Waals surface area contributed by atoms with Gasteiger partial charge in [-0.25, -0.2) is 9.18 Å². The lowest BCUT2D eigenvalue weighted by molar-refractivity contribution is 0.0589. The summed E-state index contributed by atoms with van der Waals surface area (Å²) in [6.45, 7) is 0.377. The summed E-state index contributed by atoms with van der Waals surface area (Å²) >= 11 is 0. The van der Waals surface area contributed by atoms with Gasteiger partial charge in [0.05, 0.1) is 25.9 Å². The number of rotatable bonds is 5. The van der Waals surface area contributed by atoms with E-state index >= 15 is 0 Å². The molecular formula is C16H15FO3. The number of carbonyl (C=O) groups is 1. The predicted molar refractivity (Wildman–Crippen MR) is 72.7 cm³/mol. The lowest BCUT2D eigenvalue weighted by atomic mass is 10.1. The van der Waals surface area contributed by atoms with E-state index in [4.69, 9.17) is 9.47 Å². The van der Waals surface area contributed by atoms with Crippen LogP contribution in [0.25, 0.3) is 0 Å². The topological polar surface area (TPSA) is 35.5 Å². The number of ether oxygens (including phenoxy) is 2. The smallest absolute Gasteiger partial charge is 0.338 e. The van der Waals surface area contributed by atoms with Gasteiger partial charge >= 0.3 is 5.97 Å². The average Bonchev–Trinajstić information content (AvgIpc) is 2.49. The Labute approximate surface area is 117 Å². The predicted octanol–water partition coefficient (Wildman–Crippen LogP) is 3.33. The van der Waals surface area contributed by atoms with Crippen LogP contribution in [0.3, 0.4) is 0 Å². The number of halogens is 1. The minimum absolute atomic E-state index is 0.155. The molecule has 0 bridgehead atoms. The summed E-state index contributed by atoms with van der Waals surface area (Å²) in [4.78, 5) is 11.6. The first kappa shape index (κ1) is 14.2. The van der Waals surface area contributed by atoms with Crippen LogP contribution in [0.1, 0.15) is 21.5 Å². The maximum absolute atomic E-state index is 13.4. The van der Waals surface area contributed by atoms with Gasteiger partial charge in [0.15, 0.2) is 0 Å². The molecule has 20 heavy (non-hydrogen) atoms. The van der Waals surface area contributed by atoms with Crippen LogP contribution in [0, 0.1) is 5.82 Å². The van der Waals surface area contributed by atoms with Crippen molar-refractivity contribution in [2.45, 2.75) is 13.2 Å². The zero-order chi connectivity index (χ0) is 14.4. The van der Waals surface area contributed by atoms with Crippen molar-refractivity contribution in [1.82, 2.24) is 0 Å². The van der Waals surface area contributed by atoms with E-state index in [1.165, 1.54) is 13.2 Å². The van der Waals surface area contributed by atoms with Gasteiger partial charge in [0.25, 0.3) is 0 Å². The Kier molecular flexibility index (Phi) is 4.85. The van der Waals surface area contributed by atoms with Gasteiger partial charge in [-0.1, -0.05) is 36.4 Å². The number of hydrogen-bond donors (Lipinski definition) is 0. The van der Waals surface area contributed by atoms with E-state index in [0.29, 0.717) is 11.1 Å². The minimum Gasteiger partial charge on any atom is -0.465 e. The molecule has 0 unspecified atom stereocenters. The van der Waals surface area contributed by atoms with Crippen LogP contribution in [0.5, 0.6) is 0 Å². The summed E-state index contributed by atoms with van der Waals surface area (Å²) in [6.07, 6.45) is 0. The minimum atomic E-state index is -0.407. The SMILES string of the molecule is COC(=O)c1ccccc1COCc1ccccc1F. The van der Waals surface area contributed by atoms with Crippen LogP contribution in [-0.2, 0) is 22.7 Å². The summed E-state index contributed by atoms with van der Waals surface area (Å²) in [5.41, 5.74) is 1.67. The Bertz CT molecular complexity index is 596. The number of methoxy groups -OCH3 is 1. The second-order valence-corrected chi connectivity index (χ2v) is 4.23. The molecule has 0 fully saturated rings. The highest BCUT2D eigenvalue weighted by Gasteiger charge is 2.11. The molecule has 3 nitrogen and oxygen atoms in total. The van der Waals surface area contributed by atoms with Crippen LogP contribution < -0.4 is 0 Å². The van der Waals surface area contributed by atoms with Crippen molar-refractivity contribution in [3.8, 4) is 0 Å². The van der Waals surface area contributed by atoms with E-state index in [2.05, 4.69) is 0 Å². The van der Waals surface area contributed by atoms with Gasteiger partial charge in [-0.3, -0.25) is 0 Å². The van der Waals surface area contributed by atoms with E-state index < -0.39 is 5.97 Å². The molecule has 2 rings (SSSR count). The third-order valence-corrected chi connectivity index (χ3v) is 2.90. The Hall–Kier alpha value is -2.20. The summed E-state index contributed by atoms with van der Waals surface area (Å²) < 4.78 is 23.6. The molecule has 0 aliphatic rings. The molecule has 0 saturated carbocycles. The van der Waals surface area contributed by atoms with E-state index in [0.717, 1.165) is 5.56 Å². The van der Waals surface area contributed by atoms with Crippen molar-refractivity contribution < 1.29 is 18.7 Å². The molecule has 0 atom stereocenters. The van der Waals surface area contributed by atoms with Gasteiger partial charge in [-0.05, 0) is 17.7 Å². The largest absolute Gasteiger partial charge is 0.465 e. The number of esters is 1. The van der Waals surface area contributed by atoms with Crippen LogP contribution in [0.15, 0.2) is 48.5 Å². The van der Waals surface area contributed by atoms with E-state index in [1.54, 1.807) is 36.4 Å². The number of hydrogen-bond acceptors (Lipinski definition) is 3. The zero-order valence-corrected chi connectivity index (χ0v) is 11.1. The van der Waals surface area contributed by atoms with E-state index in [1.807, 2.05) is 6.07 Å². The zero-order valence-electron chi connectivity index (χ0n) is 11.1. The first-order chi connectivity index (χ1) is 9.72. The van der Waals surface area contributed by atoms with Crippen molar-refractivity contribution in [3.63, 3.8) is 0 Å². The average molecular weight is 274 g/mol. The van der Waals surface area contributed by atoms with Gasteiger partial charge < -0.3 is 9.47 Å². The molecule has 0 N–H and O–H groups in total. The summed E-state index contributed by atoms with van der Waals surface area (Å²) in [7, 11) is 1.33. The molecule has 2 aromatic rings. The molecule has 0 amide bonds. The molecule has 0 spiro atoms. The van der Waals surface area contributed by atoms with E-state index in [9.17, 15) is 9.18 Å². The van der Waals surface area contributed by atoms with Crippen molar-refractivity contribution in [2.75, 3.05) is 7.11 Å². The van der Waals surface area contributed by atoms with Crippen LogP contribution in [-0.4, -0.2) is 13.1 Å². The molecule has 0 radical (unpaired) electrons. The molecule has 4 heteroatoms. The maximum atomic E-state index is 13.4. The molecule has 0 aliphatic heterocycles. The highest BCUT2D eigenvalue weighted by atomic mass is 19.1. The Morgan fingerprint density at radius 1 is 1.00 bits per heavy atom. The maximum Gasteiger partial charge on any atom is 0.338 e. The van der Waals surface area contributed by atoms with Gasteiger partial charge in [0.2, 0.25) is 0 Å². The molecule has 0 aliphatic carbocycles. The van der Waals surface area contributed by atoms with Crippen molar-refractivity contribution in [2.24, 2.45) is 0 Å². The molecule has 104 valence electrons. The molecule has 0 aromatic heterocycles. The number of benzene rings is 2. The molecular weight excluding hydrogens is 259 g/mol. The third kappa shape index (κ3) is 3.42. The Morgan fingerprint density at radius 3 is 2.30 bits per heavy atom. The van der Waals surface area contributed by atoms with Gasteiger partial charge in [0.1, 0.15) is 5.82 Å². The third-order valence-electron chi connectivity index (χ3n) is 2.90. The van der Waals surface area contributed by atoms with Crippen LogP contribution in [0.2, 0.25) is 0 Å². The molecule has 2 aromatic carbocycles. The lowest BCUT2D eigenvalue weighted by Crippen LogP contribution is -2.07. The summed E-state index contributed by atoms with van der Waals surface area (Å²) in [5.74, 6) is -0.705. The first-order valence-corrected chi connectivity index (χ1v) is 6.19. The monoisotopic (exact) mass is 274 g/mol.